The van der Waals surface area contributed by atoms with Crippen LogP contribution in [0.1, 0.15) is 19.4 Å². The monoisotopic (exact) mass is 232 g/mol. The van der Waals surface area contributed by atoms with E-state index in [-0.39, 0.29) is 5.91 Å². The second-order valence-electron chi connectivity index (χ2n) is 4.54. The van der Waals surface area contributed by atoms with Crippen LogP contribution in [0.5, 0.6) is 5.75 Å². The maximum absolute atomic E-state index is 11.6. The molecule has 1 aliphatic rings. The number of rotatable bonds is 2. The molecule has 90 valence electrons. The van der Waals surface area contributed by atoms with Crippen molar-refractivity contribution in [2.75, 3.05) is 7.11 Å². The van der Waals surface area contributed by atoms with Crippen molar-refractivity contribution in [3.05, 3.63) is 35.5 Å². The molecule has 2 N–H and O–H groups in total. The highest BCUT2D eigenvalue weighted by Gasteiger charge is 2.37. The molecule has 1 heterocycles. The molecule has 0 saturated carbocycles. The lowest BCUT2D eigenvalue weighted by Gasteiger charge is -2.14. The topological polar surface area (TPSA) is 50.4 Å². The van der Waals surface area contributed by atoms with Crippen LogP contribution in [-0.2, 0) is 4.79 Å². The zero-order chi connectivity index (χ0) is 12.5. The first-order valence-electron chi connectivity index (χ1n) is 5.47. The minimum atomic E-state index is -0.514. The van der Waals surface area contributed by atoms with E-state index in [1.165, 1.54) is 0 Å². The Morgan fingerprint density at radius 2 is 1.82 bits per heavy atom. The summed E-state index contributed by atoms with van der Waals surface area (Å²) in [6.45, 7) is 3.77. The molecule has 0 atom stereocenters. The SMILES string of the molecule is COc1ccc(/C=C2\NNC(=O)C2(C)C)cc1. The normalized spacial score (nSPS) is 19.9. The Balaban J connectivity index is 2.27. The summed E-state index contributed by atoms with van der Waals surface area (Å²) in [7, 11) is 1.64. The summed E-state index contributed by atoms with van der Waals surface area (Å²) in [4.78, 5) is 11.6. The lowest BCUT2D eigenvalue weighted by Crippen LogP contribution is -2.28. The van der Waals surface area contributed by atoms with Gasteiger partial charge in [-0.05, 0) is 37.6 Å². The highest BCUT2D eigenvalue weighted by Crippen LogP contribution is 2.29. The van der Waals surface area contributed by atoms with Crippen LogP contribution >= 0.6 is 0 Å². The van der Waals surface area contributed by atoms with Gasteiger partial charge in [0.25, 0.3) is 0 Å². The number of carbonyl (C=O) groups is 1. The molecule has 0 bridgehead atoms. The molecule has 0 unspecified atom stereocenters. The van der Waals surface area contributed by atoms with Gasteiger partial charge in [0.15, 0.2) is 0 Å². The maximum atomic E-state index is 11.6. The zero-order valence-electron chi connectivity index (χ0n) is 10.2. The third kappa shape index (κ3) is 2.11. The molecule has 4 heteroatoms. The second kappa shape index (κ2) is 4.13. The molecule has 1 fully saturated rings. The standard InChI is InChI=1S/C13H16N2O2/c1-13(2)11(14-15-12(13)16)8-9-4-6-10(17-3)7-5-9/h4-8,14H,1-3H3,(H,15,16)/b11-8-. The summed E-state index contributed by atoms with van der Waals surface area (Å²) in [5.74, 6) is 0.803. The first-order valence-corrected chi connectivity index (χ1v) is 5.47. The van der Waals surface area contributed by atoms with Crippen molar-refractivity contribution >= 4 is 12.0 Å². The Hall–Kier alpha value is -1.97. The average molecular weight is 232 g/mol. The third-order valence-electron chi connectivity index (χ3n) is 2.98. The zero-order valence-corrected chi connectivity index (χ0v) is 10.2. The number of nitrogens with one attached hydrogen (secondary N) is 2. The van der Waals surface area contributed by atoms with Crippen LogP contribution in [0, 0.1) is 5.41 Å². The summed E-state index contributed by atoms with van der Waals surface area (Å²) in [6.07, 6.45) is 1.96. The van der Waals surface area contributed by atoms with E-state index < -0.39 is 5.41 Å². The van der Waals surface area contributed by atoms with Crippen LogP contribution in [-0.4, -0.2) is 13.0 Å². The van der Waals surface area contributed by atoms with E-state index in [4.69, 9.17) is 4.74 Å². The molecule has 1 amide bonds. The van der Waals surface area contributed by atoms with E-state index in [2.05, 4.69) is 10.9 Å². The minimum absolute atomic E-state index is 0.0164. The fraction of sp³-hybridized carbons (Fsp3) is 0.308. The second-order valence-corrected chi connectivity index (χ2v) is 4.54. The fourth-order valence-corrected chi connectivity index (χ4v) is 1.64. The van der Waals surface area contributed by atoms with E-state index in [1.54, 1.807) is 7.11 Å². The van der Waals surface area contributed by atoms with Gasteiger partial charge in [-0.1, -0.05) is 12.1 Å². The van der Waals surface area contributed by atoms with E-state index in [0.717, 1.165) is 17.0 Å². The van der Waals surface area contributed by atoms with Crippen molar-refractivity contribution in [3.8, 4) is 5.75 Å². The van der Waals surface area contributed by atoms with Crippen LogP contribution in [0.15, 0.2) is 30.0 Å². The number of hydrogen-bond donors (Lipinski definition) is 2. The van der Waals surface area contributed by atoms with Crippen molar-refractivity contribution in [2.45, 2.75) is 13.8 Å². The van der Waals surface area contributed by atoms with Gasteiger partial charge in [0.2, 0.25) is 5.91 Å². The number of carbonyl (C=O) groups excluding carboxylic acids is 1. The van der Waals surface area contributed by atoms with Gasteiger partial charge in [0.05, 0.1) is 12.5 Å². The molecule has 0 spiro atoms. The summed E-state index contributed by atoms with van der Waals surface area (Å²) in [5.41, 5.74) is 6.90. The van der Waals surface area contributed by atoms with Crippen molar-refractivity contribution in [1.82, 2.24) is 10.9 Å². The average Bonchev–Trinajstić information content (AvgIpc) is 2.57. The Bertz CT molecular complexity index is 461. The van der Waals surface area contributed by atoms with Gasteiger partial charge in [-0.2, -0.15) is 0 Å². The molecular formula is C13H16N2O2. The molecule has 1 aromatic rings. The van der Waals surface area contributed by atoms with Gasteiger partial charge >= 0.3 is 0 Å². The van der Waals surface area contributed by atoms with E-state index in [1.807, 2.05) is 44.2 Å². The van der Waals surface area contributed by atoms with Crippen LogP contribution < -0.4 is 15.6 Å². The molecule has 1 saturated heterocycles. The highest BCUT2D eigenvalue weighted by atomic mass is 16.5. The Kier molecular flexibility index (Phi) is 2.79. The predicted molar refractivity (Wildman–Crippen MR) is 66.0 cm³/mol. The number of hydrazine groups is 1. The number of amides is 1. The number of hydrogen-bond acceptors (Lipinski definition) is 3. The molecule has 17 heavy (non-hydrogen) atoms. The smallest absolute Gasteiger partial charge is 0.249 e. The van der Waals surface area contributed by atoms with Gasteiger partial charge in [-0.3, -0.25) is 10.2 Å². The molecular weight excluding hydrogens is 216 g/mol. The largest absolute Gasteiger partial charge is 0.497 e. The van der Waals surface area contributed by atoms with Crippen LogP contribution in [0.25, 0.3) is 6.08 Å². The third-order valence-corrected chi connectivity index (χ3v) is 2.98. The van der Waals surface area contributed by atoms with E-state index >= 15 is 0 Å². The van der Waals surface area contributed by atoms with Crippen LogP contribution in [0.4, 0.5) is 0 Å². The summed E-state index contributed by atoms with van der Waals surface area (Å²) in [5, 5.41) is 0. The first kappa shape index (κ1) is 11.5. The molecule has 0 aliphatic carbocycles. The minimum Gasteiger partial charge on any atom is -0.497 e. The summed E-state index contributed by atoms with van der Waals surface area (Å²) >= 11 is 0. The lowest BCUT2D eigenvalue weighted by molar-refractivity contribution is -0.125. The van der Waals surface area contributed by atoms with Gasteiger partial charge < -0.3 is 10.2 Å². The van der Waals surface area contributed by atoms with Crippen LogP contribution in [0.3, 0.4) is 0 Å². The van der Waals surface area contributed by atoms with Gasteiger partial charge in [-0.25, -0.2) is 0 Å². The van der Waals surface area contributed by atoms with Gasteiger partial charge in [-0.15, -0.1) is 0 Å². The number of ether oxygens (including phenoxy) is 1. The van der Waals surface area contributed by atoms with Crippen molar-refractivity contribution < 1.29 is 9.53 Å². The quantitative estimate of drug-likeness (QED) is 0.816. The number of benzene rings is 1. The maximum Gasteiger partial charge on any atom is 0.249 e. The molecule has 0 aromatic heterocycles. The Morgan fingerprint density at radius 3 is 2.29 bits per heavy atom. The van der Waals surface area contributed by atoms with E-state index in [9.17, 15) is 4.79 Å². The molecule has 4 nitrogen and oxygen atoms in total. The van der Waals surface area contributed by atoms with Crippen molar-refractivity contribution in [2.24, 2.45) is 5.41 Å². The van der Waals surface area contributed by atoms with Gasteiger partial charge in [0.1, 0.15) is 5.75 Å². The number of methoxy groups -OCH3 is 1. The van der Waals surface area contributed by atoms with Gasteiger partial charge in [0, 0.05) is 5.70 Å². The molecule has 0 radical (unpaired) electrons. The first-order chi connectivity index (χ1) is 8.04. The Morgan fingerprint density at radius 1 is 1.18 bits per heavy atom. The summed E-state index contributed by atoms with van der Waals surface area (Å²) < 4.78 is 5.09. The fourth-order valence-electron chi connectivity index (χ4n) is 1.64. The Labute approximate surface area is 101 Å². The van der Waals surface area contributed by atoms with Crippen molar-refractivity contribution in [3.63, 3.8) is 0 Å². The molecule has 1 aromatic carbocycles. The lowest BCUT2D eigenvalue weighted by atomic mass is 9.89. The van der Waals surface area contributed by atoms with Crippen LogP contribution in [0.2, 0.25) is 0 Å². The predicted octanol–water partition coefficient (Wildman–Crippen LogP) is 1.70. The molecule has 2 rings (SSSR count). The highest BCUT2D eigenvalue weighted by molar-refractivity contribution is 5.89. The van der Waals surface area contributed by atoms with E-state index in [0.29, 0.717) is 0 Å². The van der Waals surface area contributed by atoms with Crippen molar-refractivity contribution in [1.29, 1.82) is 0 Å². The molecule has 1 aliphatic heterocycles. The summed E-state index contributed by atoms with van der Waals surface area (Å²) in [6, 6.07) is 7.69.